The number of hydrogen-bond donors (Lipinski definition) is 1. The van der Waals surface area contributed by atoms with Crippen LogP contribution in [0.5, 0.6) is 0 Å². The van der Waals surface area contributed by atoms with Gasteiger partial charge in [-0.2, -0.15) is 0 Å². The third-order valence-electron chi connectivity index (χ3n) is 3.79. The second-order valence-corrected chi connectivity index (χ2v) is 5.67. The lowest BCUT2D eigenvalue weighted by Crippen LogP contribution is -2.27. The van der Waals surface area contributed by atoms with Crippen LogP contribution in [0.4, 0.5) is 0 Å². The van der Waals surface area contributed by atoms with Crippen LogP contribution >= 0.6 is 0 Å². The average molecular weight is 342 g/mol. The van der Waals surface area contributed by atoms with Gasteiger partial charge in [-0.05, 0) is 24.3 Å². The van der Waals surface area contributed by atoms with Crippen molar-refractivity contribution in [2.75, 3.05) is 6.61 Å². The summed E-state index contributed by atoms with van der Waals surface area (Å²) in [5.41, 5.74) is 0.811. The second-order valence-electron chi connectivity index (χ2n) is 5.67. The van der Waals surface area contributed by atoms with Crippen molar-refractivity contribution >= 4 is 11.9 Å². The predicted molar refractivity (Wildman–Crippen MR) is 87.9 cm³/mol. The van der Waals surface area contributed by atoms with Gasteiger partial charge in [0.05, 0.1) is 17.2 Å². The Kier molecular flexibility index (Phi) is 5.42. The third-order valence-corrected chi connectivity index (χ3v) is 3.79. The predicted octanol–water partition coefficient (Wildman–Crippen LogP) is 2.18. The molecule has 3 atom stereocenters. The minimum absolute atomic E-state index is 0.0236. The van der Waals surface area contributed by atoms with Crippen LogP contribution in [0.1, 0.15) is 27.1 Å². The number of carbonyl (C=O) groups is 2. The molecule has 1 N–H and O–H groups in total. The van der Waals surface area contributed by atoms with Crippen LogP contribution in [0.2, 0.25) is 0 Å². The first-order valence-corrected chi connectivity index (χ1v) is 7.95. The molecular weight excluding hydrogens is 324 g/mol. The fraction of sp³-hybridized carbons (Fsp3) is 0.263. The Morgan fingerprint density at radius 1 is 0.960 bits per heavy atom. The van der Waals surface area contributed by atoms with Gasteiger partial charge in [0.1, 0.15) is 12.7 Å². The highest BCUT2D eigenvalue weighted by Gasteiger charge is 2.37. The van der Waals surface area contributed by atoms with E-state index in [4.69, 9.17) is 14.2 Å². The van der Waals surface area contributed by atoms with Crippen LogP contribution < -0.4 is 0 Å². The van der Waals surface area contributed by atoms with E-state index in [1.54, 1.807) is 60.7 Å². The molecule has 1 heterocycles. The molecule has 3 rings (SSSR count). The van der Waals surface area contributed by atoms with Gasteiger partial charge in [0.2, 0.25) is 6.29 Å². The van der Waals surface area contributed by atoms with E-state index in [-0.39, 0.29) is 13.0 Å². The van der Waals surface area contributed by atoms with Gasteiger partial charge in [0.15, 0.2) is 0 Å². The van der Waals surface area contributed by atoms with Gasteiger partial charge in [-0.3, -0.25) is 0 Å². The number of carbonyl (C=O) groups excluding carboxylic acids is 2. The van der Waals surface area contributed by atoms with Crippen LogP contribution in [0.25, 0.3) is 0 Å². The third kappa shape index (κ3) is 4.43. The van der Waals surface area contributed by atoms with E-state index < -0.39 is 30.4 Å². The first-order valence-electron chi connectivity index (χ1n) is 7.95. The summed E-state index contributed by atoms with van der Waals surface area (Å²) in [6.45, 7) is -0.0236. The largest absolute Gasteiger partial charge is 0.459 e. The zero-order valence-electron chi connectivity index (χ0n) is 13.4. The normalized spacial score (nSPS) is 22.4. The summed E-state index contributed by atoms with van der Waals surface area (Å²) in [4.78, 5) is 23.9. The van der Waals surface area contributed by atoms with E-state index in [0.717, 1.165) is 0 Å². The summed E-state index contributed by atoms with van der Waals surface area (Å²) in [6.07, 6.45) is -2.35. The van der Waals surface area contributed by atoms with Gasteiger partial charge in [-0.25, -0.2) is 9.59 Å². The summed E-state index contributed by atoms with van der Waals surface area (Å²) in [5, 5.41) is 9.99. The molecule has 0 spiro atoms. The Balaban J connectivity index is 1.50. The molecule has 0 bridgehead atoms. The van der Waals surface area contributed by atoms with E-state index in [1.807, 2.05) is 0 Å². The minimum atomic E-state index is -1.08. The second kappa shape index (κ2) is 7.92. The van der Waals surface area contributed by atoms with E-state index in [0.29, 0.717) is 11.1 Å². The number of ether oxygens (including phenoxy) is 3. The maximum atomic E-state index is 12.0. The van der Waals surface area contributed by atoms with Gasteiger partial charge in [-0.1, -0.05) is 36.4 Å². The molecule has 0 aromatic heterocycles. The molecule has 2 aromatic carbocycles. The molecular formula is C19H18O6. The number of aliphatic hydroxyl groups excluding tert-OH is 1. The van der Waals surface area contributed by atoms with Crippen LogP contribution in [0.15, 0.2) is 60.7 Å². The van der Waals surface area contributed by atoms with Crippen molar-refractivity contribution in [2.24, 2.45) is 0 Å². The molecule has 1 aliphatic rings. The standard InChI is InChI=1S/C19H18O6/c20-16-11-15(12-23-17(21)13-7-3-1-4-8-13)24-19(16)25-18(22)14-9-5-2-6-10-14/h1-10,15-16,19-20H,11-12H2. The van der Waals surface area contributed by atoms with Crippen molar-refractivity contribution in [3.63, 3.8) is 0 Å². The number of benzene rings is 2. The smallest absolute Gasteiger partial charge is 0.340 e. The summed E-state index contributed by atoms with van der Waals surface area (Å²) in [6, 6.07) is 17.0. The molecule has 6 nitrogen and oxygen atoms in total. The van der Waals surface area contributed by atoms with Gasteiger partial charge in [-0.15, -0.1) is 0 Å². The number of esters is 2. The molecule has 1 fully saturated rings. The molecule has 1 aliphatic heterocycles. The summed E-state index contributed by atoms with van der Waals surface area (Å²) < 4.78 is 15.8. The molecule has 2 aromatic rings. The monoisotopic (exact) mass is 342 g/mol. The van der Waals surface area contributed by atoms with Crippen LogP contribution in [-0.4, -0.2) is 42.1 Å². The van der Waals surface area contributed by atoms with Gasteiger partial charge in [0.25, 0.3) is 0 Å². The first kappa shape index (κ1) is 17.1. The molecule has 0 amide bonds. The Morgan fingerprint density at radius 2 is 1.52 bits per heavy atom. The van der Waals surface area contributed by atoms with E-state index in [9.17, 15) is 14.7 Å². The van der Waals surface area contributed by atoms with Crippen LogP contribution in [0.3, 0.4) is 0 Å². The fourth-order valence-electron chi connectivity index (χ4n) is 2.50. The fourth-order valence-corrected chi connectivity index (χ4v) is 2.50. The molecule has 0 radical (unpaired) electrons. The molecule has 25 heavy (non-hydrogen) atoms. The SMILES string of the molecule is O=C(OCC1CC(O)C(OC(=O)c2ccccc2)O1)c1ccccc1. The van der Waals surface area contributed by atoms with Crippen molar-refractivity contribution < 1.29 is 28.9 Å². The summed E-state index contributed by atoms with van der Waals surface area (Å²) >= 11 is 0. The van der Waals surface area contributed by atoms with E-state index >= 15 is 0 Å². The molecule has 0 saturated carbocycles. The highest BCUT2D eigenvalue weighted by atomic mass is 16.7. The Labute approximate surface area is 144 Å². The van der Waals surface area contributed by atoms with E-state index in [2.05, 4.69) is 0 Å². The summed E-state index contributed by atoms with van der Waals surface area (Å²) in [5.74, 6) is -1.05. The van der Waals surface area contributed by atoms with Crippen molar-refractivity contribution in [1.29, 1.82) is 0 Å². The molecule has 1 saturated heterocycles. The maximum absolute atomic E-state index is 12.0. The topological polar surface area (TPSA) is 82.1 Å². The lowest BCUT2D eigenvalue weighted by Gasteiger charge is -2.16. The minimum Gasteiger partial charge on any atom is -0.459 e. The van der Waals surface area contributed by atoms with Gasteiger partial charge >= 0.3 is 11.9 Å². The van der Waals surface area contributed by atoms with Crippen molar-refractivity contribution in [2.45, 2.75) is 24.9 Å². The van der Waals surface area contributed by atoms with Crippen LogP contribution in [0, 0.1) is 0 Å². The van der Waals surface area contributed by atoms with Crippen molar-refractivity contribution in [3.05, 3.63) is 71.8 Å². The lowest BCUT2D eigenvalue weighted by molar-refractivity contribution is -0.139. The first-order chi connectivity index (χ1) is 12.1. The zero-order valence-corrected chi connectivity index (χ0v) is 13.4. The van der Waals surface area contributed by atoms with Crippen LogP contribution in [-0.2, 0) is 14.2 Å². The molecule has 130 valence electrons. The highest BCUT2D eigenvalue weighted by Crippen LogP contribution is 2.23. The van der Waals surface area contributed by atoms with E-state index in [1.165, 1.54) is 0 Å². The number of aliphatic hydroxyl groups is 1. The van der Waals surface area contributed by atoms with Gasteiger partial charge in [0, 0.05) is 6.42 Å². The molecule has 3 unspecified atom stereocenters. The number of rotatable bonds is 5. The quantitative estimate of drug-likeness (QED) is 0.839. The Bertz CT molecular complexity index is 715. The maximum Gasteiger partial charge on any atom is 0.340 e. The highest BCUT2D eigenvalue weighted by molar-refractivity contribution is 5.89. The molecule has 0 aliphatic carbocycles. The summed E-state index contributed by atoms with van der Waals surface area (Å²) in [7, 11) is 0. The number of hydrogen-bond acceptors (Lipinski definition) is 6. The Morgan fingerprint density at radius 3 is 2.12 bits per heavy atom. The van der Waals surface area contributed by atoms with Crippen molar-refractivity contribution in [1.82, 2.24) is 0 Å². The van der Waals surface area contributed by atoms with Crippen molar-refractivity contribution in [3.8, 4) is 0 Å². The average Bonchev–Trinajstić information content (AvgIpc) is 3.00. The zero-order chi connectivity index (χ0) is 17.6. The molecule has 6 heteroatoms. The Hall–Kier alpha value is -2.70. The van der Waals surface area contributed by atoms with Gasteiger partial charge < -0.3 is 19.3 Å². The lowest BCUT2D eigenvalue weighted by atomic mass is 10.2.